The molecule has 0 radical (unpaired) electrons. The molecule has 1 aliphatic heterocycles. The van der Waals surface area contributed by atoms with Gasteiger partial charge in [-0.3, -0.25) is 9.59 Å². The van der Waals surface area contributed by atoms with Crippen molar-refractivity contribution in [2.24, 2.45) is 0 Å². The molecule has 1 fully saturated rings. The molecule has 250 valence electrons. The molecule has 5 rings (SSSR count). The van der Waals surface area contributed by atoms with Gasteiger partial charge in [0.1, 0.15) is 5.03 Å². The van der Waals surface area contributed by atoms with E-state index >= 15 is 0 Å². The Labute approximate surface area is 283 Å². The first kappa shape index (κ1) is 34.8. The van der Waals surface area contributed by atoms with Crippen LogP contribution in [0.25, 0.3) is 11.1 Å². The minimum Gasteiger partial charge on any atom is -0.481 e. The number of nitrogens with one attached hydrogen (secondary N) is 1. The molecule has 11 heteroatoms. The number of aliphatic hydroxyl groups excluding tert-OH is 1. The topological polar surface area (TPSA) is 155 Å². The first-order chi connectivity index (χ1) is 23.3. The molecular weight excluding hydrogens is 632 g/mol. The summed E-state index contributed by atoms with van der Waals surface area (Å²) in [6.07, 6.45) is 2.18. The second-order valence-electron chi connectivity index (χ2n) is 11.5. The molecule has 0 aliphatic carbocycles. The maximum Gasteiger partial charge on any atom is 0.338 e. The third-order valence-electron chi connectivity index (χ3n) is 7.98. The largest absolute Gasteiger partial charge is 0.481 e. The van der Waals surface area contributed by atoms with E-state index in [9.17, 15) is 24.6 Å². The molecule has 4 aromatic rings. The van der Waals surface area contributed by atoms with Crippen LogP contribution >= 0.6 is 11.8 Å². The normalized spacial score (nSPS) is 17.5. The van der Waals surface area contributed by atoms with Crippen LogP contribution in [0.15, 0.2) is 96.2 Å². The van der Waals surface area contributed by atoms with Crippen molar-refractivity contribution in [2.75, 3.05) is 5.75 Å². The number of thioether (sulfide) groups is 1. The number of rotatable bonds is 15. The Balaban J connectivity index is 1.30. The summed E-state index contributed by atoms with van der Waals surface area (Å²) in [4.78, 5) is 39.0. The summed E-state index contributed by atoms with van der Waals surface area (Å²) in [5.41, 5.74) is 5.56. The number of amides is 1. The summed E-state index contributed by atoms with van der Waals surface area (Å²) in [6, 6.07) is 26.6. The summed E-state index contributed by atoms with van der Waals surface area (Å²) >= 11 is 1.34. The standard InChI is InChI=1S/C37H38N2O8S/c40-22-24-13-15-26(16-14-24)32-20-30(23-48-35-31(36(44)45)10-5-17-38-35)46-37(47-32)29-9-4-8-28(19-29)27-7-3-6-25(18-27)21-39-33(41)11-1-2-12-34(42)43/h3-10,13-19,30,32,37,40H,1-2,11-12,20-23H2,(H,39,41)(H,42,43)(H,44,45). The van der Waals surface area contributed by atoms with Crippen LogP contribution in [0.3, 0.4) is 0 Å². The second kappa shape index (κ2) is 17.0. The number of pyridine rings is 1. The molecule has 1 amide bonds. The smallest absolute Gasteiger partial charge is 0.338 e. The van der Waals surface area contributed by atoms with E-state index in [1.807, 2.05) is 72.8 Å². The van der Waals surface area contributed by atoms with Crippen molar-refractivity contribution in [3.63, 3.8) is 0 Å². The number of nitrogens with zero attached hydrogens (tertiary/aromatic N) is 1. The molecule has 1 aromatic heterocycles. The molecule has 1 aliphatic rings. The fourth-order valence-corrected chi connectivity index (χ4v) is 6.44. The first-order valence-electron chi connectivity index (χ1n) is 15.8. The average Bonchev–Trinajstić information content (AvgIpc) is 3.11. The zero-order chi connectivity index (χ0) is 33.9. The lowest BCUT2D eigenvalue weighted by Gasteiger charge is -2.36. The van der Waals surface area contributed by atoms with Gasteiger partial charge in [-0.2, -0.15) is 0 Å². The summed E-state index contributed by atoms with van der Waals surface area (Å²) in [5.74, 6) is -1.54. The van der Waals surface area contributed by atoms with E-state index in [2.05, 4.69) is 10.3 Å². The van der Waals surface area contributed by atoms with E-state index in [0.29, 0.717) is 36.6 Å². The number of hydrogen-bond acceptors (Lipinski definition) is 8. The Morgan fingerprint density at radius 2 is 1.58 bits per heavy atom. The number of hydrogen-bond donors (Lipinski definition) is 4. The monoisotopic (exact) mass is 670 g/mol. The zero-order valence-electron chi connectivity index (χ0n) is 26.3. The van der Waals surface area contributed by atoms with Crippen LogP contribution in [0.4, 0.5) is 0 Å². The number of unbranched alkanes of at least 4 members (excludes halogenated alkanes) is 1. The molecule has 1 saturated heterocycles. The first-order valence-corrected chi connectivity index (χ1v) is 16.8. The number of aromatic carboxylic acids is 1. The number of aliphatic hydroxyl groups is 1. The molecule has 0 bridgehead atoms. The van der Waals surface area contributed by atoms with E-state index in [0.717, 1.165) is 33.4 Å². The number of benzene rings is 3. The number of aromatic nitrogens is 1. The predicted molar refractivity (Wildman–Crippen MR) is 180 cm³/mol. The molecule has 3 aromatic carbocycles. The van der Waals surface area contributed by atoms with Crippen molar-refractivity contribution in [1.29, 1.82) is 0 Å². The summed E-state index contributed by atoms with van der Waals surface area (Å²) in [6.45, 7) is 0.303. The Morgan fingerprint density at radius 1 is 0.833 bits per heavy atom. The molecule has 4 N–H and O–H groups in total. The minimum absolute atomic E-state index is 0.0538. The van der Waals surface area contributed by atoms with Gasteiger partial charge in [0.2, 0.25) is 5.91 Å². The van der Waals surface area contributed by atoms with Gasteiger partial charge in [-0.25, -0.2) is 9.78 Å². The highest BCUT2D eigenvalue weighted by Gasteiger charge is 2.33. The van der Waals surface area contributed by atoms with Gasteiger partial charge in [0.15, 0.2) is 6.29 Å². The summed E-state index contributed by atoms with van der Waals surface area (Å²) < 4.78 is 13.0. The maximum absolute atomic E-state index is 12.3. The fraction of sp³-hybridized carbons (Fsp3) is 0.297. The van der Waals surface area contributed by atoms with E-state index in [1.165, 1.54) is 17.8 Å². The fourth-order valence-electron chi connectivity index (χ4n) is 5.44. The van der Waals surface area contributed by atoms with Crippen LogP contribution in [0.2, 0.25) is 0 Å². The third-order valence-corrected chi connectivity index (χ3v) is 9.11. The molecule has 0 saturated carbocycles. The van der Waals surface area contributed by atoms with Crippen molar-refractivity contribution in [2.45, 2.75) is 68.8 Å². The number of aliphatic carboxylic acids is 1. The lowest BCUT2D eigenvalue weighted by molar-refractivity contribution is -0.245. The Bertz CT molecular complexity index is 1710. The van der Waals surface area contributed by atoms with E-state index in [-0.39, 0.29) is 43.1 Å². The molecule has 2 heterocycles. The van der Waals surface area contributed by atoms with Crippen LogP contribution < -0.4 is 5.32 Å². The minimum atomic E-state index is -1.03. The van der Waals surface area contributed by atoms with Crippen LogP contribution in [0.5, 0.6) is 0 Å². The highest BCUT2D eigenvalue weighted by molar-refractivity contribution is 7.99. The Hall–Kier alpha value is -4.55. The van der Waals surface area contributed by atoms with Gasteiger partial charge in [0.25, 0.3) is 0 Å². The molecule has 3 unspecified atom stereocenters. The summed E-state index contributed by atoms with van der Waals surface area (Å²) in [7, 11) is 0. The lowest BCUT2D eigenvalue weighted by Crippen LogP contribution is -2.31. The van der Waals surface area contributed by atoms with Gasteiger partial charge in [0, 0.05) is 43.3 Å². The van der Waals surface area contributed by atoms with Crippen molar-refractivity contribution in [1.82, 2.24) is 10.3 Å². The lowest BCUT2D eigenvalue weighted by atomic mass is 9.99. The van der Waals surface area contributed by atoms with Crippen LogP contribution in [-0.4, -0.2) is 50.0 Å². The number of carboxylic acids is 2. The Kier molecular flexibility index (Phi) is 12.3. The highest BCUT2D eigenvalue weighted by Crippen LogP contribution is 2.40. The molecular formula is C37H38N2O8S. The molecule has 0 spiro atoms. The van der Waals surface area contributed by atoms with Gasteiger partial charge in [0.05, 0.1) is 24.4 Å². The van der Waals surface area contributed by atoms with Gasteiger partial charge < -0.3 is 30.1 Å². The van der Waals surface area contributed by atoms with Crippen LogP contribution in [0, 0.1) is 0 Å². The van der Waals surface area contributed by atoms with Gasteiger partial charge >= 0.3 is 11.9 Å². The molecule has 3 atom stereocenters. The number of ether oxygens (including phenoxy) is 2. The maximum atomic E-state index is 12.3. The SMILES string of the molecule is O=C(O)CCCCC(=O)NCc1cccc(-c2cccc(C3OC(CSc4ncccc4C(=O)O)CC(c4ccc(CO)cc4)O3)c2)c1. The van der Waals surface area contributed by atoms with Crippen molar-refractivity contribution >= 4 is 29.6 Å². The van der Waals surface area contributed by atoms with E-state index in [4.69, 9.17) is 14.6 Å². The van der Waals surface area contributed by atoms with Crippen LogP contribution in [-0.2, 0) is 32.2 Å². The van der Waals surface area contributed by atoms with Crippen molar-refractivity contribution in [3.05, 3.63) is 119 Å². The van der Waals surface area contributed by atoms with Crippen molar-refractivity contribution < 1.29 is 39.2 Å². The van der Waals surface area contributed by atoms with Gasteiger partial charge in [-0.05, 0) is 64.9 Å². The average molecular weight is 671 g/mol. The highest BCUT2D eigenvalue weighted by atomic mass is 32.2. The number of carboxylic acid groups (broad SMARTS) is 2. The number of carbonyl (C=O) groups excluding carboxylic acids is 1. The van der Waals surface area contributed by atoms with E-state index in [1.54, 1.807) is 12.3 Å². The van der Waals surface area contributed by atoms with Gasteiger partial charge in [-0.15, -0.1) is 11.8 Å². The number of carbonyl (C=O) groups is 3. The van der Waals surface area contributed by atoms with E-state index < -0.39 is 18.2 Å². The van der Waals surface area contributed by atoms with Gasteiger partial charge in [-0.1, -0.05) is 60.7 Å². The third kappa shape index (κ3) is 9.74. The van der Waals surface area contributed by atoms with Crippen molar-refractivity contribution in [3.8, 4) is 11.1 Å². The Morgan fingerprint density at radius 3 is 2.33 bits per heavy atom. The second-order valence-corrected chi connectivity index (χ2v) is 12.5. The predicted octanol–water partition coefficient (Wildman–Crippen LogP) is 6.54. The summed E-state index contributed by atoms with van der Waals surface area (Å²) in [5, 5.41) is 31.3. The molecule has 48 heavy (non-hydrogen) atoms. The molecule has 10 nitrogen and oxygen atoms in total. The quantitative estimate of drug-likeness (QED) is 0.0810. The zero-order valence-corrected chi connectivity index (χ0v) is 27.1. The van der Waals surface area contributed by atoms with Crippen LogP contribution in [0.1, 0.15) is 77.1 Å².